The molecule has 8 nitrogen and oxygen atoms in total. The number of amides is 1. The van der Waals surface area contributed by atoms with Crippen LogP contribution in [0.4, 0.5) is 4.79 Å². The minimum atomic E-state index is -4.53. The molecule has 0 bridgehead atoms. The summed E-state index contributed by atoms with van der Waals surface area (Å²) in [6.07, 6.45) is 0.703. The summed E-state index contributed by atoms with van der Waals surface area (Å²) in [4.78, 5) is 46.2. The van der Waals surface area contributed by atoms with E-state index in [-0.39, 0.29) is 32.6 Å². The molecule has 0 spiro atoms. The number of rotatable bonds is 8. The van der Waals surface area contributed by atoms with Crippen LogP contribution in [0.15, 0.2) is 0 Å². The summed E-state index contributed by atoms with van der Waals surface area (Å²) >= 11 is 0. The summed E-state index contributed by atoms with van der Waals surface area (Å²) in [6, 6.07) is -1.04. The van der Waals surface area contributed by atoms with E-state index in [1.807, 2.05) is 6.92 Å². The highest BCUT2D eigenvalue weighted by Crippen LogP contribution is 2.61. The second-order valence-electron chi connectivity index (χ2n) is 6.24. The predicted octanol–water partition coefficient (Wildman–Crippen LogP) is 2.52. The molecule has 146 valence electrons. The van der Waals surface area contributed by atoms with Crippen molar-refractivity contribution in [3.8, 4) is 0 Å². The Bertz CT molecular complexity index is 521. The van der Waals surface area contributed by atoms with E-state index in [1.54, 1.807) is 20.8 Å². The summed E-state index contributed by atoms with van der Waals surface area (Å²) < 4.78 is 22.5. The molecular formula is C16H30NO7P. The molecular weight excluding hydrogens is 349 g/mol. The Kier molecular flexibility index (Phi) is 7.90. The maximum atomic E-state index is 12.5. The first kappa shape index (κ1) is 21.9. The van der Waals surface area contributed by atoms with E-state index < -0.39 is 36.8 Å². The molecule has 1 amide bonds. The van der Waals surface area contributed by atoms with Gasteiger partial charge in [-0.3, -0.25) is 9.46 Å². The lowest BCUT2D eigenvalue weighted by atomic mass is 9.80. The Morgan fingerprint density at radius 1 is 1.16 bits per heavy atom. The van der Waals surface area contributed by atoms with Gasteiger partial charge in [-0.1, -0.05) is 20.3 Å². The molecule has 1 rings (SSSR count). The highest BCUT2D eigenvalue weighted by atomic mass is 31.2. The van der Waals surface area contributed by atoms with Gasteiger partial charge in [0.15, 0.2) is 0 Å². The van der Waals surface area contributed by atoms with Crippen LogP contribution in [-0.2, 0) is 18.8 Å². The van der Waals surface area contributed by atoms with Gasteiger partial charge in [0.2, 0.25) is 0 Å². The number of hydrogen-bond acceptors (Lipinski definition) is 5. The van der Waals surface area contributed by atoms with Crippen LogP contribution in [0.3, 0.4) is 0 Å². The molecule has 9 heteroatoms. The van der Waals surface area contributed by atoms with Gasteiger partial charge in [-0.25, -0.2) is 9.59 Å². The number of carbonyl (C=O) groups excluding carboxylic acids is 2. The van der Waals surface area contributed by atoms with E-state index in [1.165, 1.54) is 4.90 Å². The van der Waals surface area contributed by atoms with Crippen LogP contribution in [0, 0.1) is 5.92 Å². The Labute approximate surface area is 149 Å². The van der Waals surface area contributed by atoms with Crippen molar-refractivity contribution < 1.29 is 33.4 Å². The van der Waals surface area contributed by atoms with Gasteiger partial charge in [-0.2, -0.15) is 0 Å². The number of carbonyl (C=O) groups is 2. The van der Waals surface area contributed by atoms with Gasteiger partial charge in [0.25, 0.3) is 0 Å². The molecule has 0 saturated carbocycles. The molecule has 25 heavy (non-hydrogen) atoms. The molecule has 0 radical (unpaired) electrons. The van der Waals surface area contributed by atoms with Crippen molar-refractivity contribution in [2.45, 2.75) is 64.6 Å². The fourth-order valence-electron chi connectivity index (χ4n) is 3.91. The molecule has 0 aromatic rings. The summed E-state index contributed by atoms with van der Waals surface area (Å²) in [5.74, 6) is -1.32. The Morgan fingerprint density at radius 2 is 1.76 bits per heavy atom. The van der Waals surface area contributed by atoms with Gasteiger partial charge in [0, 0.05) is 12.5 Å². The maximum Gasteiger partial charge on any atom is 0.410 e. The van der Waals surface area contributed by atoms with Crippen LogP contribution in [0.25, 0.3) is 0 Å². The largest absolute Gasteiger partial charge is 0.464 e. The average Bonchev–Trinajstić information content (AvgIpc) is 2.97. The monoisotopic (exact) mass is 379 g/mol. The molecule has 1 saturated heterocycles. The number of ether oxygens (including phenoxy) is 2. The molecule has 0 aromatic carbocycles. The van der Waals surface area contributed by atoms with E-state index in [2.05, 4.69) is 0 Å². The fraction of sp³-hybridized carbons (Fsp3) is 0.875. The highest BCUT2D eigenvalue weighted by Gasteiger charge is 2.59. The zero-order valence-electron chi connectivity index (χ0n) is 15.4. The SMILES string of the molecule is CCCC(CC)(C1CCN(C(=O)OCC)C1C(=O)OCC)P(=O)(O)O. The number of nitrogens with zero attached hydrogens (tertiary/aromatic N) is 1. The smallest absolute Gasteiger partial charge is 0.410 e. The minimum absolute atomic E-state index is 0.127. The third kappa shape index (κ3) is 4.36. The maximum absolute atomic E-state index is 12.5. The van der Waals surface area contributed by atoms with Crippen LogP contribution < -0.4 is 0 Å². The van der Waals surface area contributed by atoms with E-state index in [9.17, 15) is 23.9 Å². The van der Waals surface area contributed by atoms with Gasteiger partial charge in [-0.15, -0.1) is 0 Å². The molecule has 1 heterocycles. The number of likely N-dealkylation sites (tertiary alicyclic amines) is 1. The van der Waals surface area contributed by atoms with E-state index in [4.69, 9.17) is 9.47 Å². The molecule has 2 N–H and O–H groups in total. The van der Waals surface area contributed by atoms with E-state index in [0.717, 1.165) is 0 Å². The van der Waals surface area contributed by atoms with Gasteiger partial charge >= 0.3 is 19.7 Å². The lowest BCUT2D eigenvalue weighted by Gasteiger charge is -2.41. The van der Waals surface area contributed by atoms with Gasteiger partial charge in [0.05, 0.1) is 18.4 Å². The zero-order chi connectivity index (χ0) is 19.3. The number of hydrogen-bond donors (Lipinski definition) is 2. The molecule has 1 aliphatic rings. The van der Waals surface area contributed by atoms with Gasteiger partial charge < -0.3 is 19.3 Å². The van der Waals surface area contributed by atoms with Crippen molar-refractivity contribution in [1.29, 1.82) is 0 Å². The quantitative estimate of drug-likeness (QED) is 0.492. The molecule has 0 aromatic heterocycles. The minimum Gasteiger partial charge on any atom is -0.464 e. The summed E-state index contributed by atoms with van der Waals surface area (Å²) in [5, 5.41) is -1.36. The first-order chi connectivity index (χ1) is 11.7. The third-order valence-electron chi connectivity index (χ3n) is 4.99. The van der Waals surface area contributed by atoms with Crippen molar-refractivity contribution in [2.75, 3.05) is 19.8 Å². The van der Waals surface area contributed by atoms with Crippen LogP contribution in [0.1, 0.15) is 53.4 Å². The average molecular weight is 379 g/mol. The topological polar surface area (TPSA) is 113 Å². The molecule has 3 unspecified atom stereocenters. The van der Waals surface area contributed by atoms with Crippen molar-refractivity contribution in [2.24, 2.45) is 5.92 Å². The van der Waals surface area contributed by atoms with E-state index in [0.29, 0.717) is 12.8 Å². The lowest BCUT2D eigenvalue weighted by molar-refractivity contribution is -0.149. The van der Waals surface area contributed by atoms with Crippen molar-refractivity contribution >= 4 is 19.7 Å². The Balaban J connectivity index is 3.35. The summed E-state index contributed by atoms with van der Waals surface area (Å²) in [5.41, 5.74) is 0. The first-order valence-corrected chi connectivity index (χ1v) is 10.5. The van der Waals surface area contributed by atoms with Crippen LogP contribution in [-0.4, -0.2) is 57.7 Å². The lowest BCUT2D eigenvalue weighted by Crippen LogP contribution is -2.51. The summed E-state index contributed by atoms with van der Waals surface area (Å²) in [7, 11) is -4.53. The molecule has 1 fully saturated rings. The van der Waals surface area contributed by atoms with Crippen LogP contribution >= 0.6 is 7.60 Å². The zero-order valence-corrected chi connectivity index (χ0v) is 16.3. The first-order valence-electron chi connectivity index (χ1n) is 8.85. The molecule has 1 aliphatic heterocycles. The highest BCUT2D eigenvalue weighted by molar-refractivity contribution is 7.53. The second-order valence-corrected chi connectivity index (χ2v) is 8.21. The standard InChI is InChI=1S/C16H30NO7P/c1-5-10-16(6-2,25(20,21)22)12-9-11-17(15(19)24-8-4)13(12)14(18)23-7-3/h12-13H,5-11H2,1-4H3,(H2,20,21,22). The molecule has 0 aliphatic carbocycles. The van der Waals surface area contributed by atoms with Crippen molar-refractivity contribution in [3.05, 3.63) is 0 Å². The third-order valence-corrected chi connectivity index (χ3v) is 7.03. The normalized spacial score (nSPS) is 23.2. The van der Waals surface area contributed by atoms with Crippen molar-refractivity contribution in [1.82, 2.24) is 4.90 Å². The van der Waals surface area contributed by atoms with Crippen LogP contribution in [0.5, 0.6) is 0 Å². The Hall–Kier alpha value is -1.11. The molecule has 3 atom stereocenters. The van der Waals surface area contributed by atoms with E-state index >= 15 is 0 Å². The second kappa shape index (κ2) is 9.01. The van der Waals surface area contributed by atoms with Gasteiger partial charge in [0.1, 0.15) is 6.04 Å². The number of esters is 1. The van der Waals surface area contributed by atoms with Crippen molar-refractivity contribution in [3.63, 3.8) is 0 Å². The predicted molar refractivity (Wildman–Crippen MR) is 92.2 cm³/mol. The fourth-order valence-corrected chi connectivity index (χ4v) is 5.54. The van der Waals surface area contributed by atoms with Crippen LogP contribution in [0.2, 0.25) is 0 Å². The Morgan fingerprint density at radius 3 is 2.20 bits per heavy atom. The van der Waals surface area contributed by atoms with Gasteiger partial charge in [-0.05, 0) is 33.1 Å². The summed E-state index contributed by atoms with van der Waals surface area (Å²) in [6.45, 7) is 7.36.